The van der Waals surface area contributed by atoms with E-state index in [1.54, 1.807) is 40.6 Å². The van der Waals surface area contributed by atoms with E-state index in [4.69, 9.17) is 4.74 Å². The van der Waals surface area contributed by atoms with Crippen molar-refractivity contribution in [2.24, 2.45) is 0 Å². The molecular formula is C25H25N3O4S. The number of rotatable bonds is 8. The van der Waals surface area contributed by atoms with Gasteiger partial charge in [0.05, 0.1) is 17.8 Å². The number of aromatic nitrogens is 2. The highest BCUT2D eigenvalue weighted by molar-refractivity contribution is 7.17. The third-order valence-corrected chi connectivity index (χ3v) is 6.30. The Kier molecular flexibility index (Phi) is 6.74. The number of fused-ring (bicyclic) bond motifs is 1. The normalized spacial score (nSPS) is 11.0. The summed E-state index contributed by atoms with van der Waals surface area (Å²) in [6, 6.07) is 18.2. The summed E-state index contributed by atoms with van der Waals surface area (Å²) in [7, 11) is 0. The Morgan fingerprint density at radius 2 is 1.73 bits per heavy atom. The van der Waals surface area contributed by atoms with E-state index in [0.717, 1.165) is 10.1 Å². The van der Waals surface area contributed by atoms with E-state index in [1.165, 1.54) is 15.9 Å². The van der Waals surface area contributed by atoms with Crippen LogP contribution in [0.4, 0.5) is 0 Å². The zero-order chi connectivity index (χ0) is 23.4. The molecule has 2 aromatic carbocycles. The highest BCUT2D eigenvalue weighted by atomic mass is 32.1. The summed E-state index contributed by atoms with van der Waals surface area (Å²) in [6.45, 7) is 5.13. The molecule has 0 saturated heterocycles. The topological polar surface area (TPSA) is 73.5 Å². The molecule has 4 aromatic rings. The lowest BCUT2D eigenvalue weighted by Gasteiger charge is -2.22. The monoisotopic (exact) mass is 463 g/mol. The van der Waals surface area contributed by atoms with Crippen molar-refractivity contribution in [3.8, 4) is 11.4 Å². The van der Waals surface area contributed by atoms with Gasteiger partial charge in [-0.05, 0) is 55.1 Å². The molecule has 1 amide bonds. The first-order chi connectivity index (χ1) is 16.0. The van der Waals surface area contributed by atoms with Crippen LogP contribution in [0.1, 0.15) is 19.4 Å². The molecule has 170 valence electrons. The highest BCUT2D eigenvalue weighted by Gasteiger charge is 2.20. The molecule has 0 unspecified atom stereocenters. The molecule has 7 nitrogen and oxygen atoms in total. The zero-order valence-electron chi connectivity index (χ0n) is 18.6. The fourth-order valence-electron chi connectivity index (χ4n) is 3.74. The lowest BCUT2D eigenvalue weighted by atomic mass is 10.2. The fourth-order valence-corrected chi connectivity index (χ4v) is 4.57. The van der Waals surface area contributed by atoms with Crippen molar-refractivity contribution in [2.75, 3.05) is 13.2 Å². The maximum Gasteiger partial charge on any atom is 0.336 e. The second-order valence-corrected chi connectivity index (χ2v) is 8.38. The van der Waals surface area contributed by atoms with Gasteiger partial charge in [-0.2, -0.15) is 0 Å². The van der Waals surface area contributed by atoms with Gasteiger partial charge in [-0.1, -0.05) is 30.3 Å². The number of ether oxygens (including phenoxy) is 1. The van der Waals surface area contributed by atoms with Crippen LogP contribution in [0, 0.1) is 0 Å². The van der Waals surface area contributed by atoms with Crippen molar-refractivity contribution in [1.29, 1.82) is 0 Å². The van der Waals surface area contributed by atoms with Gasteiger partial charge in [-0.15, -0.1) is 11.3 Å². The van der Waals surface area contributed by atoms with Crippen molar-refractivity contribution in [3.63, 3.8) is 0 Å². The lowest BCUT2D eigenvalue weighted by molar-refractivity contribution is -0.132. The summed E-state index contributed by atoms with van der Waals surface area (Å²) < 4.78 is 8.40. The molecular weight excluding hydrogens is 438 g/mol. The van der Waals surface area contributed by atoms with E-state index in [9.17, 15) is 14.4 Å². The predicted octanol–water partition coefficient (Wildman–Crippen LogP) is 3.66. The third-order valence-electron chi connectivity index (χ3n) is 5.40. The van der Waals surface area contributed by atoms with Crippen molar-refractivity contribution in [1.82, 2.24) is 14.0 Å². The Balaban J connectivity index is 1.73. The summed E-state index contributed by atoms with van der Waals surface area (Å²) in [5.74, 6) is 0.467. The molecule has 0 aliphatic heterocycles. The Morgan fingerprint density at radius 1 is 1.00 bits per heavy atom. The summed E-state index contributed by atoms with van der Waals surface area (Å²) in [5.41, 5.74) is 0.983. The minimum Gasteiger partial charge on any atom is -0.494 e. The van der Waals surface area contributed by atoms with Gasteiger partial charge in [0.1, 0.15) is 17.0 Å². The van der Waals surface area contributed by atoms with Crippen molar-refractivity contribution < 1.29 is 9.53 Å². The van der Waals surface area contributed by atoms with Gasteiger partial charge in [-0.3, -0.25) is 14.2 Å². The van der Waals surface area contributed by atoms with E-state index in [0.29, 0.717) is 41.3 Å². The summed E-state index contributed by atoms with van der Waals surface area (Å²) >= 11 is 1.26. The van der Waals surface area contributed by atoms with E-state index in [1.807, 2.05) is 44.2 Å². The Bertz CT molecular complexity index is 1370. The first kappa shape index (κ1) is 22.5. The maximum atomic E-state index is 13.4. The molecule has 0 aliphatic carbocycles. The number of nitrogens with zero attached hydrogens (tertiary/aromatic N) is 3. The molecule has 0 bridgehead atoms. The van der Waals surface area contributed by atoms with Crippen LogP contribution in [0.5, 0.6) is 5.75 Å². The Morgan fingerprint density at radius 3 is 2.39 bits per heavy atom. The van der Waals surface area contributed by atoms with Crippen LogP contribution >= 0.6 is 11.3 Å². The number of carbonyl (C=O) groups is 1. The van der Waals surface area contributed by atoms with Crippen molar-refractivity contribution >= 4 is 27.5 Å². The molecule has 33 heavy (non-hydrogen) atoms. The van der Waals surface area contributed by atoms with Gasteiger partial charge in [0.25, 0.3) is 5.56 Å². The Hall–Kier alpha value is -3.65. The molecule has 0 aliphatic rings. The fraction of sp³-hybridized carbons (Fsp3) is 0.240. The van der Waals surface area contributed by atoms with Gasteiger partial charge >= 0.3 is 5.69 Å². The van der Waals surface area contributed by atoms with Gasteiger partial charge < -0.3 is 9.64 Å². The predicted molar refractivity (Wildman–Crippen MR) is 130 cm³/mol. The summed E-state index contributed by atoms with van der Waals surface area (Å²) in [5, 5.41) is 1.76. The molecule has 0 fully saturated rings. The van der Waals surface area contributed by atoms with Gasteiger partial charge in [0, 0.05) is 13.1 Å². The first-order valence-corrected chi connectivity index (χ1v) is 11.7. The quantitative estimate of drug-likeness (QED) is 0.400. The largest absolute Gasteiger partial charge is 0.494 e. The second-order valence-electron chi connectivity index (χ2n) is 7.46. The van der Waals surface area contributed by atoms with E-state index in [-0.39, 0.29) is 12.5 Å². The first-order valence-electron chi connectivity index (χ1n) is 10.8. The molecule has 2 heterocycles. The number of benzene rings is 2. The van der Waals surface area contributed by atoms with Crippen LogP contribution in [0.15, 0.2) is 75.6 Å². The maximum absolute atomic E-state index is 13.4. The minimum absolute atomic E-state index is 0.149. The van der Waals surface area contributed by atoms with Crippen LogP contribution < -0.4 is 16.0 Å². The van der Waals surface area contributed by atoms with Crippen LogP contribution in [0.3, 0.4) is 0 Å². The van der Waals surface area contributed by atoms with E-state index >= 15 is 0 Å². The van der Waals surface area contributed by atoms with Gasteiger partial charge in [0.2, 0.25) is 5.91 Å². The number of amides is 1. The smallest absolute Gasteiger partial charge is 0.336 e. The molecule has 2 aromatic heterocycles. The van der Waals surface area contributed by atoms with Crippen molar-refractivity contribution in [2.45, 2.75) is 26.9 Å². The summed E-state index contributed by atoms with van der Waals surface area (Å²) in [4.78, 5) is 41.5. The number of hydrogen-bond acceptors (Lipinski definition) is 5. The van der Waals surface area contributed by atoms with E-state index < -0.39 is 11.2 Å². The van der Waals surface area contributed by atoms with Crippen LogP contribution in [-0.2, 0) is 17.9 Å². The standard InChI is InChI=1S/C25H25N3O4S/c1-3-26(16-18-8-6-5-7-9-18)22(29)17-27-21-14-15-33-23(21)24(30)28(25(27)31)19-10-12-20(13-11-19)32-4-2/h5-15H,3-4,16-17H2,1-2H3. The minimum atomic E-state index is -0.542. The molecule has 0 radical (unpaired) electrons. The second kappa shape index (κ2) is 9.87. The highest BCUT2D eigenvalue weighted by Crippen LogP contribution is 2.18. The van der Waals surface area contributed by atoms with Gasteiger partial charge in [-0.25, -0.2) is 9.36 Å². The molecule has 0 spiro atoms. The average molecular weight is 464 g/mol. The summed E-state index contributed by atoms with van der Waals surface area (Å²) in [6.07, 6.45) is 0. The molecule has 0 N–H and O–H groups in total. The molecule has 0 atom stereocenters. The zero-order valence-corrected chi connectivity index (χ0v) is 19.4. The van der Waals surface area contributed by atoms with Crippen LogP contribution in [0.2, 0.25) is 0 Å². The number of carbonyl (C=O) groups excluding carboxylic acids is 1. The number of likely N-dealkylation sites (N-methyl/N-ethyl adjacent to an activating group) is 1. The van der Waals surface area contributed by atoms with Gasteiger partial charge in [0.15, 0.2) is 0 Å². The van der Waals surface area contributed by atoms with E-state index in [2.05, 4.69) is 0 Å². The third kappa shape index (κ3) is 4.61. The molecule has 8 heteroatoms. The Labute approximate surface area is 195 Å². The van der Waals surface area contributed by atoms with Crippen LogP contribution in [-0.4, -0.2) is 33.1 Å². The number of thiophene rings is 1. The average Bonchev–Trinajstić information content (AvgIpc) is 3.32. The molecule has 4 rings (SSSR count). The molecule has 0 saturated carbocycles. The lowest BCUT2D eigenvalue weighted by Crippen LogP contribution is -2.42. The van der Waals surface area contributed by atoms with Crippen molar-refractivity contribution in [3.05, 3.63) is 92.4 Å². The van der Waals surface area contributed by atoms with Crippen LogP contribution in [0.25, 0.3) is 15.9 Å². The SMILES string of the molecule is CCOc1ccc(-n2c(=O)c3sccc3n(CC(=O)N(CC)Cc3ccccc3)c2=O)cc1. The number of hydrogen-bond donors (Lipinski definition) is 0.